The van der Waals surface area contributed by atoms with Crippen molar-refractivity contribution in [2.24, 2.45) is 0 Å². The highest BCUT2D eigenvalue weighted by atomic mass is 32.2. The van der Waals surface area contributed by atoms with E-state index < -0.39 is 10.0 Å². The second kappa shape index (κ2) is 8.48. The summed E-state index contributed by atoms with van der Waals surface area (Å²) < 4.78 is 38.8. The molecule has 0 saturated heterocycles. The van der Waals surface area contributed by atoms with Crippen LogP contribution in [0.4, 0.5) is 10.1 Å². The Morgan fingerprint density at radius 1 is 1.14 bits per heavy atom. The van der Waals surface area contributed by atoms with E-state index in [9.17, 15) is 17.6 Å². The van der Waals surface area contributed by atoms with Gasteiger partial charge in [0.15, 0.2) is 0 Å². The summed E-state index contributed by atoms with van der Waals surface area (Å²) in [4.78, 5) is 16.8. The molecule has 1 amide bonds. The Morgan fingerprint density at radius 3 is 2.48 bits per heavy atom. The van der Waals surface area contributed by atoms with Gasteiger partial charge in [-0.1, -0.05) is 11.8 Å². The number of rotatable bonds is 6. The van der Waals surface area contributed by atoms with E-state index in [-0.39, 0.29) is 22.4 Å². The van der Waals surface area contributed by atoms with Crippen LogP contribution in [0.1, 0.15) is 5.56 Å². The molecule has 0 aliphatic heterocycles. The lowest BCUT2D eigenvalue weighted by atomic mass is 10.1. The van der Waals surface area contributed by atoms with E-state index in [1.807, 2.05) is 13.0 Å². The number of nitrogens with one attached hydrogen (secondary N) is 1. The average Bonchev–Trinajstić information content (AvgIpc) is 2.68. The fourth-order valence-electron chi connectivity index (χ4n) is 2.66. The molecular formula is C20H20FN3O3S2. The van der Waals surface area contributed by atoms with E-state index in [0.717, 1.165) is 10.9 Å². The van der Waals surface area contributed by atoms with Crippen molar-refractivity contribution in [1.82, 2.24) is 9.29 Å². The van der Waals surface area contributed by atoms with E-state index in [2.05, 4.69) is 10.3 Å². The lowest BCUT2D eigenvalue weighted by molar-refractivity contribution is -0.113. The first-order chi connectivity index (χ1) is 13.7. The summed E-state index contributed by atoms with van der Waals surface area (Å²) in [5.41, 5.74) is 2.05. The minimum absolute atomic E-state index is 0.141. The van der Waals surface area contributed by atoms with Gasteiger partial charge in [-0.25, -0.2) is 22.1 Å². The number of amides is 1. The van der Waals surface area contributed by atoms with Crippen molar-refractivity contribution in [2.45, 2.75) is 16.8 Å². The third kappa shape index (κ3) is 4.92. The molecule has 152 valence electrons. The van der Waals surface area contributed by atoms with Gasteiger partial charge in [0.1, 0.15) is 5.82 Å². The molecule has 0 fully saturated rings. The largest absolute Gasteiger partial charge is 0.325 e. The van der Waals surface area contributed by atoms with Gasteiger partial charge in [-0.15, -0.1) is 0 Å². The van der Waals surface area contributed by atoms with Gasteiger partial charge < -0.3 is 5.32 Å². The molecule has 2 aromatic carbocycles. The van der Waals surface area contributed by atoms with Crippen LogP contribution in [0.15, 0.2) is 58.5 Å². The molecule has 1 aromatic heterocycles. The molecule has 0 aliphatic carbocycles. The maximum absolute atomic E-state index is 12.9. The molecule has 9 heteroatoms. The Bertz CT molecular complexity index is 1160. The van der Waals surface area contributed by atoms with Crippen LogP contribution >= 0.6 is 11.8 Å². The Hall–Kier alpha value is -2.49. The SMILES string of the molecule is Cc1cc(SCC(=O)Nc2ccc(F)cc2)nc2ccc(S(=O)(=O)N(C)C)cc12. The lowest BCUT2D eigenvalue weighted by Gasteiger charge is -2.13. The zero-order valence-corrected chi connectivity index (χ0v) is 17.8. The van der Waals surface area contributed by atoms with Crippen LogP contribution in [0.5, 0.6) is 0 Å². The third-order valence-corrected chi connectivity index (χ3v) is 6.94. The second-order valence-corrected chi connectivity index (χ2v) is 9.73. The molecule has 0 unspecified atom stereocenters. The Balaban J connectivity index is 1.75. The number of sulfonamides is 1. The molecule has 3 aromatic rings. The average molecular weight is 434 g/mol. The van der Waals surface area contributed by atoms with Crippen molar-refractivity contribution in [3.63, 3.8) is 0 Å². The Kier molecular flexibility index (Phi) is 6.21. The van der Waals surface area contributed by atoms with Crippen LogP contribution < -0.4 is 5.32 Å². The standard InChI is InChI=1S/C20H20FN3O3S2/c1-13-10-20(28-12-19(25)22-15-6-4-14(21)5-7-15)23-18-9-8-16(11-17(13)18)29(26,27)24(2)3/h4-11H,12H2,1-3H3,(H,22,25). The van der Waals surface area contributed by atoms with Crippen LogP contribution in [-0.4, -0.2) is 43.5 Å². The summed E-state index contributed by atoms with van der Waals surface area (Å²) in [6.45, 7) is 1.87. The number of halogens is 1. The van der Waals surface area contributed by atoms with E-state index in [1.54, 1.807) is 12.1 Å². The van der Waals surface area contributed by atoms with Crippen molar-refractivity contribution < 1.29 is 17.6 Å². The van der Waals surface area contributed by atoms with E-state index in [4.69, 9.17) is 0 Å². The summed E-state index contributed by atoms with van der Waals surface area (Å²) in [6.07, 6.45) is 0. The molecule has 1 N–H and O–H groups in total. The number of aryl methyl sites for hydroxylation is 1. The maximum Gasteiger partial charge on any atom is 0.242 e. The number of hydrogen-bond acceptors (Lipinski definition) is 5. The van der Waals surface area contributed by atoms with Gasteiger partial charge >= 0.3 is 0 Å². The molecule has 29 heavy (non-hydrogen) atoms. The normalized spacial score (nSPS) is 11.8. The number of thioether (sulfide) groups is 1. The van der Waals surface area contributed by atoms with Crippen molar-refractivity contribution in [2.75, 3.05) is 25.2 Å². The maximum atomic E-state index is 12.9. The Labute approximate surface area is 173 Å². The van der Waals surface area contributed by atoms with Crippen LogP contribution in [0.3, 0.4) is 0 Å². The minimum atomic E-state index is -3.53. The van der Waals surface area contributed by atoms with Gasteiger partial charge in [-0.3, -0.25) is 4.79 Å². The smallest absolute Gasteiger partial charge is 0.242 e. The quantitative estimate of drug-likeness (QED) is 0.600. The lowest BCUT2D eigenvalue weighted by Crippen LogP contribution is -2.22. The first kappa shape index (κ1) is 21.2. The monoisotopic (exact) mass is 433 g/mol. The zero-order valence-electron chi connectivity index (χ0n) is 16.1. The number of benzene rings is 2. The van der Waals surface area contributed by atoms with Crippen LogP contribution in [0, 0.1) is 12.7 Å². The van der Waals surface area contributed by atoms with Gasteiger partial charge in [0.05, 0.1) is 21.2 Å². The highest BCUT2D eigenvalue weighted by Gasteiger charge is 2.18. The number of anilines is 1. The van der Waals surface area contributed by atoms with E-state index in [1.165, 1.54) is 60.5 Å². The summed E-state index contributed by atoms with van der Waals surface area (Å²) in [5, 5.41) is 4.10. The predicted octanol–water partition coefficient (Wildman–Crippen LogP) is 3.66. The van der Waals surface area contributed by atoms with Crippen molar-refractivity contribution in [3.05, 3.63) is 59.9 Å². The van der Waals surface area contributed by atoms with Crippen LogP contribution in [-0.2, 0) is 14.8 Å². The number of hydrogen-bond donors (Lipinski definition) is 1. The van der Waals surface area contributed by atoms with Gasteiger partial charge in [0, 0.05) is 25.2 Å². The molecular weight excluding hydrogens is 413 g/mol. The third-order valence-electron chi connectivity index (χ3n) is 4.22. The number of carbonyl (C=O) groups is 1. The van der Waals surface area contributed by atoms with Crippen LogP contribution in [0.25, 0.3) is 10.9 Å². The first-order valence-electron chi connectivity index (χ1n) is 8.69. The number of pyridine rings is 1. The molecule has 1 heterocycles. The molecule has 0 aliphatic rings. The first-order valence-corrected chi connectivity index (χ1v) is 11.1. The number of nitrogens with zero attached hydrogens (tertiary/aromatic N) is 2. The summed E-state index contributed by atoms with van der Waals surface area (Å²) in [7, 11) is -0.550. The highest BCUT2D eigenvalue weighted by molar-refractivity contribution is 7.99. The van der Waals surface area contributed by atoms with Crippen molar-refractivity contribution in [3.8, 4) is 0 Å². The van der Waals surface area contributed by atoms with Gasteiger partial charge in [0.2, 0.25) is 15.9 Å². The summed E-state index contributed by atoms with van der Waals surface area (Å²) in [5.74, 6) is -0.453. The van der Waals surface area contributed by atoms with Gasteiger partial charge in [0.25, 0.3) is 0 Å². The molecule has 0 saturated carbocycles. The predicted molar refractivity (Wildman–Crippen MR) is 113 cm³/mol. The van der Waals surface area contributed by atoms with Gasteiger partial charge in [-0.05, 0) is 61.0 Å². The number of carbonyl (C=O) groups excluding carboxylic acids is 1. The fraction of sp³-hybridized carbons (Fsp3) is 0.200. The molecule has 0 bridgehead atoms. The number of fused-ring (bicyclic) bond motifs is 1. The molecule has 0 atom stereocenters. The molecule has 0 spiro atoms. The molecule has 3 rings (SSSR count). The van der Waals surface area contributed by atoms with Crippen LogP contribution in [0.2, 0.25) is 0 Å². The molecule has 6 nitrogen and oxygen atoms in total. The topological polar surface area (TPSA) is 79.4 Å². The highest BCUT2D eigenvalue weighted by Crippen LogP contribution is 2.26. The Morgan fingerprint density at radius 2 is 1.83 bits per heavy atom. The zero-order chi connectivity index (χ0) is 21.2. The second-order valence-electron chi connectivity index (χ2n) is 6.59. The molecule has 0 radical (unpaired) electrons. The van der Waals surface area contributed by atoms with Crippen molar-refractivity contribution >= 4 is 44.3 Å². The van der Waals surface area contributed by atoms with E-state index >= 15 is 0 Å². The summed E-state index contributed by atoms with van der Waals surface area (Å²) in [6, 6.07) is 12.2. The fourth-order valence-corrected chi connectivity index (χ4v) is 4.36. The van der Waals surface area contributed by atoms with Gasteiger partial charge in [-0.2, -0.15) is 0 Å². The minimum Gasteiger partial charge on any atom is -0.325 e. The summed E-state index contributed by atoms with van der Waals surface area (Å²) >= 11 is 1.27. The van der Waals surface area contributed by atoms with E-state index in [0.29, 0.717) is 16.2 Å². The van der Waals surface area contributed by atoms with Crippen molar-refractivity contribution in [1.29, 1.82) is 0 Å². The number of aromatic nitrogens is 1.